The fraction of sp³-hybridized carbons (Fsp3) is 1.00. The van der Waals surface area contributed by atoms with Crippen LogP contribution in [0.1, 0.15) is 6.92 Å². The SMILES string of the molecule is CO[Si](OC)OCC(C)Cl. The van der Waals surface area contributed by atoms with Crippen LogP contribution in [0, 0.1) is 0 Å². The summed E-state index contributed by atoms with van der Waals surface area (Å²) in [6.45, 7) is 2.32. The van der Waals surface area contributed by atoms with E-state index < -0.39 is 9.53 Å². The van der Waals surface area contributed by atoms with Gasteiger partial charge in [0, 0.05) is 14.2 Å². The van der Waals surface area contributed by atoms with Gasteiger partial charge in [0.25, 0.3) is 0 Å². The van der Waals surface area contributed by atoms with Crippen LogP contribution in [0.15, 0.2) is 0 Å². The van der Waals surface area contributed by atoms with Gasteiger partial charge < -0.3 is 13.3 Å². The molecule has 1 radical (unpaired) electrons. The van der Waals surface area contributed by atoms with E-state index >= 15 is 0 Å². The Labute approximate surface area is 68.2 Å². The predicted molar refractivity (Wildman–Crippen MR) is 41.0 cm³/mol. The highest BCUT2D eigenvalue weighted by Gasteiger charge is 2.15. The summed E-state index contributed by atoms with van der Waals surface area (Å²) in [6, 6.07) is 0. The van der Waals surface area contributed by atoms with Crippen molar-refractivity contribution in [1.29, 1.82) is 0 Å². The van der Waals surface area contributed by atoms with Crippen LogP contribution >= 0.6 is 11.6 Å². The number of hydrogen-bond acceptors (Lipinski definition) is 3. The molecule has 3 nitrogen and oxygen atoms in total. The second-order valence-corrected chi connectivity index (χ2v) is 4.10. The van der Waals surface area contributed by atoms with Crippen LogP contribution < -0.4 is 0 Å². The largest absolute Gasteiger partial charge is 0.577 e. The number of halogens is 1. The van der Waals surface area contributed by atoms with E-state index in [4.69, 9.17) is 24.9 Å². The monoisotopic (exact) mass is 183 g/mol. The maximum atomic E-state index is 5.62. The Kier molecular flexibility index (Phi) is 6.36. The average molecular weight is 184 g/mol. The second kappa shape index (κ2) is 6.12. The third-order valence-electron chi connectivity index (χ3n) is 0.764. The molecule has 0 saturated heterocycles. The molecule has 0 heterocycles. The Balaban J connectivity index is 3.26. The van der Waals surface area contributed by atoms with Crippen LogP contribution in [0.2, 0.25) is 0 Å². The van der Waals surface area contributed by atoms with Crippen molar-refractivity contribution in [3.63, 3.8) is 0 Å². The molecular formula is C5H12ClO3Si. The lowest BCUT2D eigenvalue weighted by atomic mass is 10.5. The fourth-order valence-electron chi connectivity index (χ4n) is 0.384. The maximum Gasteiger partial charge on any atom is 0.577 e. The molecule has 0 bridgehead atoms. The van der Waals surface area contributed by atoms with Crippen molar-refractivity contribution in [3.8, 4) is 0 Å². The van der Waals surface area contributed by atoms with Gasteiger partial charge in [-0.25, -0.2) is 0 Å². The maximum absolute atomic E-state index is 5.62. The van der Waals surface area contributed by atoms with Crippen molar-refractivity contribution >= 4 is 21.1 Å². The first-order valence-electron chi connectivity index (χ1n) is 2.92. The molecule has 0 aliphatic heterocycles. The van der Waals surface area contributed by atoms with E-state index in [0.29, 0.717) is 6.61 Å². The van der Waals surface area contributed by atoms with Crippen LogP contribution in [-0.4, -0.2) is 35.7 Å². The van der Waals surface area contributed by atoms with Crippen LogP contribution in [0.4, 0.5) is 0 Å². The lowest BCUT2D eigenvalue weighted by Gasteiger charge is -2.09. The summed E-state index contributed by atoms with van der Waals surface area (Å²) in [5, 5.41) is 0.00491. The summed E-state index contributed by atoms with van der Waals surface area (Å²) in [6.07, 6.45) is 0. The highest BCUT2D eigenvalue weighted by Crippen LogP contribution is 1.96. The second-order valence-electron chi connectivity index (χ2n) is 1.75. The smallest absolute Gasteiger partial charge is 0.375 e. The zero-order valence-electron chi connectivity index (χ0n) is 6.39. The highest BCUT2D eigenvalue weighted by atomic mass is 35.5. The first-order chi connectivity index (χ1) is 4.70. The molecule has 0 fully saturated rings. The zero-order valence-corrected chi connectivity index (χ0v) is 8.14. The Morgan fingerprint density at radius 1 is 1.40 bits per heavy atom. The van der Waals surface area contributed by atoms with Crippen molar-refractivity contribution in [2.24, 2.45) is 0 Å². The molecule has 0 aliphatic carbocycles. The first kappa shape index (κ1) is 10.4. The molecule has 0 aromatic carbocycles. The molecule has 0 saturated carbocycles. The van der Waals surface area contributed by atoms with Gasteiger partial charge >= 0.3 is 9.53 Å². The van der Waals surface area contributed by atoms with Crippen molar-refractivity contribution < 1.29 is 13.3 Å². The van der Waals surface area contributed by atoms with Crippen molar-refractivity contribution in [2.45, 2.75) is 12.3 Å². The topological polar surface area (TPSA) is 27.7 Å². The normalized spacial score (nSPS) is 14.1. The quantitative estimate of drug-likeness (QED) is 0.469. The van der Waals surface area contributed by atoms with Gasteiger partial charge in [0.2, 0.25) is 0 Å². The first-order valence-corrected chi connectivity index (χ1v) is 4.58. The highest BCUT2D eigenvalue weighted by molar-refractivity contribution is 6.36. The van der Waals surface area contributed by atoms with Crippen molar-refractivity contribution in [3.05, 3.63) is 0 Å². The lowest BCUT2D eigenvalue weighted by molar-refractivity contribution is 0.136. The van der Waals surface area contributed by atoms with Crippen molar-refractivity contribution in [2.75, 3.05) is 20.8 Å². The summed E-state index contributed by atoms with van der Waals surface area (Å²) >= 11 is 5.62. The molecule has 0 aromatic rings. The lowest BCUT2D eigenvalue weighted by Crippen LogP contribution is -2.26. The summed E-state index contributed by atoms with van der Waals surface area (Å²) < 4.78 is 14.8. The van der Waals surface area contributed by atoms with Gasteiger partial charge in [0.05, 0.1) is 12.0 Å². The van der Waals surface area contributed by atoms with E-state index in [1.807, 2.05) is 6.92 Å². The van der Waals surface area contributed by atoms with E-state index in [0.717, 1.165) is 0 Å². The van der Waals surface area contributed by atoms with E-state index in [9.17, 15) is 0 Å². The Morgan fingerprint density at radius 3 is 2.20 bits per heavy atom. The number of hydrogen-bond donors (Lipinski definition) is 0. The minimum Gasteiger partial charge on any atom is -0.375 e. The third kappa shape index (κ3) is 5.19. The molecule has 0 aliphatic rings. The van der Waals surface area contributed by atoms with E-state index in [1.54, 1.807) is 14.2 Å². The molecule has 0 aromatic heterocycles. The van der Waals surface area contributed by atoms with Crippen LogP contribution in [0.25, 0.3) is 0 Å². The average Bonchev–Trinajstić information content (AvgIpc) is 1.90. The predicted octanol–water partition coefficient (Wildman–Crippen LogP) is 0.908. The number of rotatable bonds is 5. The van der Waals surface area contributed by atoms with Gasteiger partial charge in [-0.05, 0) is 6.92 Å². The summed E-state index contributed by atoms with van der Waals surface area (Å²) in [5.41, 5.74) is 0. The van der Waals surface area contributed by atoms with Gasteiger partial charge in [-0.2, -0.15) is 0 Å². The summed E-state index contributed by atoms with van der Waals surface area (Å²) in [7, 11) is 1.60. The molecular weight excluding hydrogens is 172 g/mol. The van der Waals surface area contributed by atoms with Gasteiger partial charge in [-0.1, -0.05) is 0 Å². The van der Waals surface area contributed by atoms with Crippen molar-refractivity contribution in [1.82, 2.24) is 0 Å². The van der Waals surface area contributed by atoms with Crippen LogP contribution in [0.3, 0.4) is 0 Å². The molecule has 0 N–H and O–H groups in total. The minimum absolute atomic E-state index is 0.00491. The van der Waals surface area contributed by atoms with Gasteiger partial charge in [-0.15, -0.1) is 11.6 Å². The summed E-state index contributed by atoms with van der Waals surface area (Å²) in [5.74, 6) is 0. The molecule has 0 amide bonds. The summed E-state index contributed by atoms with van der Waals surface area (Å²) in [4.78, 5) is 0. The molecule has 1 unspecified atom stereocenters. The van der Waals surface area contributed by atoms with Gasteiger partial charge in [0.1, 0.15) is 0 Å². The minimum atomic E-state index is -1.50. The molecule has 0 rings (SSSR count). The fourth-order valence-corrected chi connectivity index (χ4v) is 1.34. The third-order valence-corrected chi connectivity index (χ3v) is 1.96. The van der Waals surface area contributed by atoms with Crippen LogP contribution in [0.5, 0.6) is 0 Å². The van der Waals surface area contributed by atoms with E-state index in [-0.39, 0.29) is 5.38 Å². The zero-order chi connectivity index (χ0) is 7.98. The van der Waals surface area contributed by atoms with E-state index in [2.05, 4.69) is 0 Å². The van der Waals surface area contributed by atoms with Crippen LogP contribution in [-0.2, 0) is 13.3 Å². The van der Waals surface area contributed by atoms with Gasteiger partial charge in [-0.3, -0.25) is 0 Å². The van der Waals surface area contributed by atoms with E-state index in [1.165, 1.54) is 0 Å². The Morgan fingerprint density at radius 2 is 1.90 bits per heavy atom. The van der Waals surface area contributed by atoms with Gasteiger partial charge in [0.15, 0.2) is 0 Å². The standard InChI is InChI=1S/C5H12ClO3Si/c1-5(6)4-9-10(7-2)8-3/h5H,4H2,1-3H3. The molecule has 61 valence electrons. The molecule has 1 atom stereocenters. The molecule has 0 spiro atoms. The molecule has 5 heteroatoms. The molecule has 10 heavy (non-hydrogen) atoms. The Bertz CT molecular complexity index is 77.3. The Hall–Kier alpha value is 0.387. The number of alkyl halides is 1.